The summed E-state index contributed by atoms with van der Waals surface area (Å²) >= 11 is 0. The van der Waals surface area contributed by atoms with E-state index in [4.69, 9.17) is 9.47 Å². The lowest BCUT2D eigenvalue weighted by Gasteiger charge is -2.19. The Hall–Kier alpha value is -4.06. The second-order valence-corrected chi connectivity index (χ2v) is 9.99. The lowest BCUT2D eigenvalue weighted by Crippen LogP contribution is -2.30. The second kappa shape index (κ2) is 12.0. The summed E-state index contributed by atoms with van der Waals surface area (Å²) in [6, 6.07) is 17.7. The average Bonchev–Trinajstić information content (AvgIpc) is 3.48. The van der Waals surface area contributed by atoms with Crippen LogP contribution in [0.3, 0.4) is 0 Å². The molecule has 5 rings (SSSR count). The van der Waals surface area contributed by atoms with Crippen LogP contribution in [0.1, 0.15) is 42.5 Å². The molecule has 210 valence electrons. The second-order valence-electron chi connectivity index (χ2n) is 9.99. The van der Waals surface area contributed by atoms with E-state index in [1.807, 2.05) is 24.3 Å². The molecule has 3 N–H and O–H groups in total. The van der Waals surface area contributed by atoms with Crippen molar-refractivity contribution in [3.63, 3.8) is 0 Å². The Morgan fingerprint density at radius 3 is 2.42 bits per heavy atom. The average molecular weight is 549 g/mol. The van der Waals surface area contributed by atoms with Crippen molar-refractivity contribution in [2.75, 3.05) is 32.1 Å². The molecule has 40 heavy (non-hydrogen) atoms. The molecule has 1 fully saturated rings. The van der Waals surface area contributed by atoms with Gasteiger partial charge < -0.3 is 29.9 Å². The van der Waals surface area contributed by atoms with Crippen LogP contribution in [-0.4, -0.2) is 75.7 Å². The lowest BCUT2D eigenvalue weighted by molar-refractivity contribution is -0.116. The third-order valence-electron chi connectivity index (χ3n) is 7.34. The van der Waals surface area contributed by atoms with E-state index in [9.17, 15) is 24.6 Å². The number of nitrogens with zero attached hydrogens (tertiary/aromatic N) is 3. The summed E-state index contributed by atoms with van der Waals surface area (Å²) in [7, 11) is 1.63. The van der Waals surface area contributed by atoms with E-state index >= 15 is 0 Å². The minimum atomic E-state index is -0.882. The molecule has 3 atom stereocenters. The molecule has 2 heterocycles. The number of fused-ring (bicyclic) bond motifs is 3. The van der Waals surface area contributed by atoms with E-state index in [-0.39, 0.29) is 43.7 Å². The quantitative estimate of drug-likeness (QED) is 0.370. The van der Waals surface area contributed by atoms with Gasteiger partial charge in [0.15, 0.2) is 0 Å². The first-order chi connectivity index (χ1) is 19.4. The summed E-state index contributed by atoms with van der Waals surface area (Å²) in [5.74, 6) is -0.285. The number of hydrogen-bond acceptors (Lipinski definition) is 8. The van der Waals surface area contributed by atoms with Gasteiger partial charge in [0.25, 0.3) is 0 Å². The van der Waals surface area contributed by atoms with Crippen LogP contribution >= 0.6 is 0 Å². The minimum absolute atomic E-state index is 0.0279. The molecular formula is C29H32N4O7. The van der Waals surface area contributed by atoms with E-state index < -0.39 is 30.2 Å². The number of rotatable bonds is 9. The SMILES string of the molecule is CN(CCCC(=O)Nc1ccn([C@H]2CC(O)[C@@H](CO)O2)c(=O)n1)C(=O)OCC1c2ccccc2-c2ccccc21. The van der Waals surface area contributed by atoms with Gasteiger partial charge in [-0.1, -0.05) is 48.5 Å². The van der Waals surface area contributed by atoms with E-state index in [1.54, 1.807) is 7.05 Å². The number of anilines is 1. The van der Waals surface area contributed by atoms with Crippen molar-refractivity contribution < 1.29 is 29.3 Å². The fraction of sp³-hybridized carbons (Fsp3) is 0.379. The number of amides is 2. The Balaban J connectivity index is 1.07. The van der Waals surface area contributed by atoms with Gasteiger partial charge in [-0.25, -0.2) is 9.59 Å². The first kappa shape index (κ1) is 27.5. The van der Waals surface area contributed by atoms with E-state index in [1.165, 1.54) is 21.7 Å². The number of benzene rings is 2. The molecule has 2 aliphatic rings. The van der Waals surface area contributed by atoms with Crippen LogP contribution in [0, 0.1) is 0 Å². The van der Waals surface area contributed by atoms with Gasteiger partial charge in [0, 0.05) is 38.5 Å². The summed E-state index contributed by atoms with van der Waals surface area (Å²) in [6.07, 6.45) is -0.777. The molecule has 11 nitrogen and oxygen atoms in total. The zero-order valence-corrected chi connectivity index (χ0v) is 22.1. The molecule has 11 heteroatoms. The first-order valence-corrected chi connectivity index (χ1v) is 13.2. The highest BCUT2D eigenvalue weighted by molar-refractivity contribution is 5.89. The summed E-state index contributed by atoms with van der Waals surface area (Å²) in [5, 5.41) is 21.7. The minimum Gasteiger partial charge on any atom is -0.448 e. The Kier molecular flexibility index (Phi) is 8.24. The normalized spacial score (nSPS) is 19.6. The largest absolute Gasteiger partial charge is 0.448 e. The van der Waals surface area contributed by atoms with Crippen molar-refractivity contribution >= 4 is 17.8 Å². The molecule has 0 saturated carbocycles. The Labute approximate surface area is 231 Å². The molecule has 0 bridgehead atoms. The third kappa shape index (κ3) is 5.76. The number of aromatic nitrogens is 2. The fourth-order valence-corrected chi connectivity index (χ4v) is 5.23. The van der Waals surface area contributed by atoms with Crippen molar-refractivity contribution in [1.29, 1.82) is 0 Å². The van der Waals surface area contributed by atoms with Gasteiger partial charge in [-0.05, 0) is 34.7 Å². The summed E-state index contributed by atoms with van der Waals surface area (Å²) < 4.78 is 12.3. The van der Waals surface area contributed by atoms with Crippen LogP contribution in [0.2, 0.25) is 0 Å². The highest BCUT2D eigenvalue weighted by atomic mass is 16.6. The van der Waals surface area contributed by atoms with Crippen LogP contribution in [0.15, 0.2) is 65.6 Å². The van der Waals surface area contributed by atoms with Crippen LogP contribution in [-0.2, 0) is 14.3 Å². The maximum atomic E-state index is 12.6. The van der Waals surface area contributed by atoms with Crippen LogP contribution in [0.25, 0.3) is 11.1 Å². The standard InChI is InChI=1S/C29H32N4O7/c1-32(29(38)39-17-22-20-9-4-2-7-18(20)19-8-3-5-10-21(19)22)13-6-11-26(36)30-25-12-14-33(28(37)31-25)27-15-23(35)24(16-34)40-27/h2-5,7-10,12,14,22-24,27,34-35H,6,11,13,15-17H2,1H3,(H,30,31,36,37)/t23?,24-,27-/m1/s1. The van der Waals surface area contributed by atoms with Gasteiger partial charge in [0.2, 0.25) is 5.91 Å². The molecule has 0 spiro atoms. The van der Waals surface area contributed by atoms with E-state index in [0.29, 0.717) is 13.0 Å². The number of nitrogens with one attached hydrogen (secondary N) is 1. The highest BCUT2D eigenvalue weighted by Gasteiger charge is 2.35. The maximum absolute atomic E-state index is 12.6. The van der Waals surface area contributed by atoms with E-state index in [0.717, 1.165) is 22.3 Å². The summed E-state index contributed by atoms with van der Waals surface area (Å²) in [4.78, 5) is 42.7. The molecule has 2 aromatic carbocycles. The van der Waals surface area contributed by atoms with Gasteiger partial charge in [-0.3, -0.25) is 9.36 Å². The van der Waals surface area contributed by atoms with Crippen LogP contribution in [0.4, 0.5) is 10.6 Å². The topological polar surface area (TPSA) is 143 Å². The molecule has 1 aromatic heterocycles. The van der Waals surface area contributed by atoms with Gasteiger partial charge >= 0.3 is 11.8 Å². The fourth-order valence-electron chi connectivity index (χ4n) is 5.23. The van der Waals surface area contributed by atoms with Crippen LogP contribution in [0.5, 0.6) is 0 Å². The van der Waals surface area contributed by atoms with Gasteiger partial charge in [-0.2, -0.15) is 4.98 Å². The van der Waals surface area contributed by atoms with Gasteiger partial charge in [-0.15, -0.1) is 0 Å². The number of aliphatic hydroxyl groups is 2. The first-order valence-electron chi connectivity index (χ1n) is 13.2. The molecular weight excluding hydrogens is 516 g/mol. The number of carbonyl (C=O) groups is 2. The third-order valence-corrected chi connectivity index (χ3v) is 7.34. The summed E-state index contributed by atoms with van der Waals surface area (Å²) in [6.45, 7) is 0.178. The van der Waals surface area contributed by atoms with Crippen molar-refractivity contribution in [1.82, 2.24) is 14.5 Å². The molecule has 1 unspecified atom stereocenters. The molecule has 3 aromatic rings. The number of ether oxygens (including phenoxy) is 2. The molecule has 1 saturated heterocycles. The number of carbonyl (C=O) groups excluding carboxylic acids is 2. The van der Waals surface area contributed by atoms with Gasteiger partial charge in [0.05, 0.1) is 12.7 Å². The Morgan fingerprint density at radius 2 is 1.80 bits per heavy atom. The lowest BCUT2D eigenvalue weighted by atomic mass is 9.98. The molecule has 2 amide bonds. The van der Waals surface area contributed by atoms with Gasteiger partial charge in [0.1, 0.15) is 24.8 Å². The zero-order chi connectivity index (χ0) is 28.2. The zero-order valence-electron chi connectivity index (χ0n) is 22.1. The van der Waals surface area contributed by atoms with E-state index in [2.05, 4.69) is 34.6 Å². The summed E-state index contributed by atoms with van der Waals surface area (Å²) in [5.41, 5.74) is 3.95. The predicted octanol–water partition coefficient (Wildman–Crippen LogP) is 2.48. The Morgan fingerprint density at radius 1 is 1.12 bits per heavy atom. The van der Waals surface area contributed by atoms with Crippen molar-refractivity contribution in [2.24, 2.45) is 0 Å². The molecule has 0 radical (unpaired) electrons. The monoisotopic (exact) mass is 548 g/mol. The maximum Gasteiger partial charge on any atom is 0.409 e. The number of hydrogen-bond donors (Lipinski definition) is 3. The highest BCUT2D eigenvalue weighted by Crippen LogP contribution is 2.44. The van der Waals surface area contributed by atoms with Crippen LogP contribution < -0.4 is 11.0 Å². The number of aliphatic hydroxyl groups excluding tert-OH is 2. The molecule has 1 aliphatic heterocycles. The predicted molar refractivity (Wildman–Crippen MR) is 146 cm³/mol. The molecule has 1 aliphatic carbocycles. The van der Waals surface area contributed by atoms with Crippen molar-refractivity contribution in [2.45, 2.75) is 43.6 Å². The Bertz CT molecular complexity index is 1400. The smallest absolute Gasteiger partial charge is 0.409 e. The van der Waals surface area contributed by atoms with Crippen molar-refractivity contribution in [3.05, 3.63) is 82.4 Å². The van der Waals surface area contributed by atoms with Crippen molar-refractivity contribution in [3.8, 4) is 11.1 Å².